The third-order valence-corrected chi connectivity index (χ3v) is 6.17. The van der Waals surface area contributed by atoms with Crippen LogP contribution < -0.4 is 0 Å². The van der Waals surface area contributed by atoms with Crippen molar-refractivity contribution in [1.82, 2.24) is 4.31 Å². The highest BCUT2D eigenvalue weighted by Crippen LogP contribution is 2.30. The summed E-state index contributed by atoms with van der Waals surface area (Å²) in [6, 6.07) is 3.35. The Morgan fingerprint density at radius 3 is 2.75 bits per heavy atom. The first kappa shape index (κ1) is 15.4. The van der Waals surface area contributed by atoms with Gasteiger partial charge in [0, 0.05) is 12.6 Å². The molecule has 0 spiro atoms. The van der Waals surface area contributed by atoms with Crippen molar-refractivity contribution in [2.75, 3.05) is 6.54 Å². The molecule has 112 valence electrons. The Kier molecular flexibility index (Phi) is 4.46. The predicted molar refractivity (Wildman–Crippen MR) is 74.1 cm³/mol. The molecule has 2 rings (SSSR count). The van der Waals surface area contributed by atoms with Crippen molar-refractivity contribution < 1.29 is 17.9 Å². The molecule has 1 N–H and O–H groups in total. The maximum atomic E-state index is 13.4. The van der Waals surface area contributed by atoms with Crippen molar-refractivity contribution >= 4 is 10.0 Å². The van der Waals surface area contributed by atoms with E-state index in [9.17, 15) is 17.9 Å². The summed E-state index contributed by atoms with van der Waals surface area (Å²) < 4.78 is 40.3. The minimum Gasteiger partial charge on any atom is -0.392 e. The Morgan fingerprint density at radius 1 is 1.40 bits per heavy atom. The van der Waals surface area contributed by atoms with Gasteiger partial charge in [0.25, 0.3) is 0 Å². The second-order valence-electron chi connectivity index (χ2n) is 5.39. The number of hydrogen-bond donors (Lipinski definition) is 1. The second-order valence-corrected chi connectivity index (χ2v) is 7.25. The Hall–Kier alpha value is -0.980. The number of aliphatic hydroxyl groups is 1. The summed E-state index contributed by atoms with van der Waals surface area (Å²) in [6.45, 7) is 3.91. The minimum absolute atomic E-state index is 0.122. The van der Waals surface area contributed by atoms with Crippen molar-refractivity contribution in [2.24, 2.45) is 5.92 Å². The SMILES string of the molecule is CC1CCCN(S(=O)(=O)c2cc(F)ccc2CO)C1C. The van der Waals surface area contributed by atoms with Crippen LogP contribution in [0, 0.1) is 11.7 Å². The van der Waals surface area contributed by atoms with Crippen LogP contribution in [0.1, 0.15) is 32.3 Å². The number of aliphatic hydroxyl groups excluding tert-OH is 1. The van der Waals surface area contributed by atoms with Gasteiger partial charge in [0.05, 0.1) is 11.5 Å². The number of rotatable bonds is 3. The summed E-state index contributed by atoms with van der Waals surface area (Å²) in [5, 5.41) is 9.28. The van der Waals surface area contributed by atoms with E-state index in [4.69, 9.17) is 0 Å². The van der Waals surface area contributed by atoms with Gasteiger partial charge in [-0.05, 0) is 43.4 Å². The van der Waals surface area contributed by atoms with Gasteiger partial charge in [-0.25, -0.2) is 12.8 Å². The summed E-state index contributed by atoms with van der Waals surface area (Å²) >= 11 is 0. The quantitative estimate of drug-likeness (QED) is 0.930. The van der Waals surface area contributed by atoms with Gasteiger partial charge in [-0.1, -0.05) is 13.0 Å². The van der Waals surface area contributed by atoms with E-state index in [1.54, 1.807) is 0 Å². The first-order chi connectivity index (χ1) is 9.37. The third kappa shape index (κ3) is 2.73. The van der Waals surface area contributed by atoms with Gasteiger partial charge in [-0.3, -0.25) is 0 Å². The van der Waals surface area contributed by atoms with Crippen LogP contribution in [0.5, 0.6) is 0 Å². The van der Waals surface area contributed by atoms with Crippen LogP contribution >= 0.6 is 0 Å². The van der Waals surface area contributed by atoms with E-state index in [0.29, 0.717) is 6.54 Å². The second kappa shape index (κ2) is 5.79. The fourth-order valence-electron chi connectivity index (χ4n) is 2.66. The molecule has 20 heavy (non-hydrogen) atoms. The Morgan fingerprint density at radius 2 is 2.10 bits per heavy atom. The third-order valence-electron chi connectivity index (χ3n) is 4.10. The highest BCUT2D eigenvalue weighted by Gasteiger charge is 2.35. The smallest absolute Gasteiger partial charge is 0.243 e. The highest BCUT2D eigenvalue weighted by molar-refractivity contribution is 7.89. The molecule has 2 unspecified atom stereocenters. The lowest BCUT2D eigenvalue weighted by molar-refractivity contribution is 0.201. The number of benzene rings is 1. The zero-order valence-corrected chi connectivity index (χ0v) is 12.5. The van der Waals surface area contributed by atoms with Crippen LogP contribution in [0.2, 0.25) is 0 Å². The monoisotopic (exact) mass is 301 g/mol. The molecule has 1 heterocycles. The lowest BCUT2D eigenvalue weighted by atomic mass is 9.94. The molecule has 1 aromatic rings. The van der Waals surface area contributed by atoms with Gasteiger partial charge in [0.2, 0.25) is 10.0 Å². The van der Waals surface area contributed by atoms with Crippen LogP contribution in [0.4, 0.5) is 4.39 Å². The molecule has 0 aliphatic carbocycles. The molecular weight excluding hydrogens is 281 g/mol. The fraction of sp³-hybridized carbons (Fsp3) is 0.571. The Balaban J connectivity index is 2.47. The van der Waals surface area contributed by atoms with Gasteiger partial charge >= 0.3 is 0 Å². The summed E-state index contributed by atoms with van der Waals surface area (Å²) in [5.74, 6) is -0.344. The van der Waals surface area contributed by atoms with Crippen LogP contribution in [-0.4, -0.2) is 30.4 Å². The summed E-state index contributed by atoms with van der Waals surface area (Å²) in [4.78, 5) is -0.124. The van der Waals surface area contributed by atoms with Crippen molar-refractivity contribution in [3.63, 3.8) is 0 Å². The van der Waals surface area contributed by atoms with Gasteiger partial charge < -0.3 is 5.11 Å². The lowest BCUT2D eigenvalue weighted by Gasteiger charge is -2.37. The fourth-order valence-corrected chi connectivity index (χ4v) is 4.66. The van der Waals surface area contributed by atoms with Crippen LogP contribution in [0.15, 0.2) is 23.1 Å². The molecule has 2 atom stereocenters. The normalized spacial score (nSPS) is 24.8. The van der Waals surface area contributed by atoms with Crippen molar-refractivity contribution in [3.8, 4) is 0 Å². The molecule has 0 amide bonds. The molecule has 1 saturated heterocycles. The summed E-state index contributed by atoms with van der Waals surface area (Å²) in [6.07, 6.45) is 1.79. The first-order valence-electron chi connectivity index (χ1n) is 6.79. The lowest BCUT2D eigenvalue weighted by Crippen LogP contribution is -2.46. The van der Waals surface area contributed by atoms with E-state index < -0.39 is 22.4 Å². The Labute approximate surface area is 119 Å². The molecule has 1 aliphatic rings. The van der Waals surface area contributed by atoms with Gasteiger partial charge in [-0.2, -0.15) is 4.31 Å². The van der Waals surface area contributed by atoms with E-state index in [0.717, 1.165) is 25.0 Å². The highest BCUT2D eigenvalue weighted by atomic mass is 32.2. The van der Waals surface area contributed by atoms with Gasteiger partial charge in [0.15, 0.2) is 0 Å². The molecule has 1 aromatic carbocycles. The minimum atomic E-state index is -3.78. The predicted octanol–water partition coefficient (Wildman–Crippen LogP) is 2.13. The number of halogens is 1. The molecule has 6 heteroatoms. The van der Waals surface area contributed by atoms with Crippen LogP contribution in [-0.2, 0) is 16.6 Å². The van der Waals surface area contributed by atoms with Crippen molar-refractivity contribution in [2.45, 2.75) is 44.2 Å². The van der Waals surface area contributed by atoms with Crippen molar-refractivity contribution in [3.05, 3.63) is 29.6 Å². The average Bonchev–Trinajstić information content (AvgIpc) is 2.41. The van der Waals surface area contributed by atoms with E-state index in [1.807, 2.05) is 13.8 Å². The average molecular weight is 301 g/mol. The van der Waals surface area contributed by atoms with Crippen molar-refractivity contribution in [1.29, 1.82) is 0 Å². The van der Waals surface area contributed by atoms with Crippen LogP contribution in [0.3, 0.4) is 0 Å². The molecule has 1 aliphatic heterocycles. The standard InChI is InChI=1S/C14H20FNO3S/c1-10-4-3-7-16(11(10)2)20(18,19)14-8-13(15)6-5-12(14)9-17/h5-6,8,10-11,17H,3-4,7,9H2,1-2H3. The molecule has 0 aromatic heterocycles. The van der Waals surface area contributed by atoms with E-state index >= 15 is 0 Å². The summed E-state index contributed by atoms with van der Waals surface area (Å²) in [7, 11) is -3.78. The maximum absolute atomic E-state index is 13.4. The molecule has 0 bridgehead atoms. The maximum Gasteiger partial charge on any atom is 0.243 e. The number of hydrogen-bond acceptors (Lipinski definition) is 3. The topological polar surface area (TPSA) is 57.6 Å². The molecular formula is C14H20FNO3S. The zero-order valence-electron chi connectivity index (χ0n) is 11.7. The molecule has 1 fully saturated rings. The molecule has 0 radical (unpaired) electrons. The molecule has 0 saturated carbocycles. The van der Waals surface area contributed by atoms with E-state index in [-0.39, 0.29) is 22.4 Å². The number of nitrogens with zero attached hydrogens (tertiary/aromatic N) is 1. The van der Waals surface area contributed by atoms with E-state index in [2.05, 4.69) is 0 Å². The summed E-state index contributed by atoms with van der Waals surface area (Å²) in [5.41, 5.74) is 0.233. The first-order valence-corrected chi connectivity index (χ1v) is 8.23. The van der Waals surface area contributed by atoms with Crippen LogP contribution in [0.25, 0.3) is 0 Å². The zero-order chi connectivity index (χ0) is 14.9. The molecule has 4 nitrogen and oxygen atoms in total. The number of sulfonamides is 1. The van der Waals surface area contributed by atoms with E-state index in [1.165, 1.54) is 10.4 Å². The Bertz CT molecular complexity index is 588. The van der Waals surface area contributed by atoms with Gasteiger partial charge in [0.1, 0.15) is 5.82 Å². The van der Waals surface area contributed by atoms with Gasteiger partial charge in [-0.15, -0.1) is 0 Å². The largest absolute Gasteiger partial charge is 0.392 e. The number of piperidine rings is 1.